The SMILES string of the molecule is CC(=O)c1ccc2c(n1)C(=O)CC2. The monoisotopic (exact) mass is 175 g/mol. The molecule has 66 valence electrons. The van der Waals surface area contributed by atoms with Crippen molar-refractivity contribution in [2.24, 2.45) is 0 Å². The summed E-state index contributed by atoms with van der Waals surface area (Å²) in [5, 5.41) is 0. The fourth-order valence-corrected chi connectivity index (χ4v) is 1.49. The molecule has 13 heavy (non-hydrogen) atoms. The molecule has 1 aromatic heterocycles. The van der Waals surface area contributed by atoms with Crippen LogP contribution in [0.2, 0.25) is 0 Å². The maximum Gasteiger partial charge on any atom is 0.181 e. The van der Waals surface area contributed by atoms with Gasteiger partial charge in [0.25, 0.3) is 0 Å². The number of aromatic nitrogens is 1. The van der Waals surface area contributed by atoms with Crippen LogP contribution in [0.3, 0.4) is 0 Å². The summed E-state index contributed by atoms with van der Waals surface area (Å²) in [6.07, 6.45) is 1.29. The van der Waals surface area contributed by atoms with Crippen LogP contribution in [0.5, 0.6) is 0 Å². The second-order valence-electron chi connectivity index (χ2n) is 3.18. The van der Waals surface area contributed by atoms with E-state index in [-0.39, 0.29) is 11.6 Å². The zero-order valence-electron chi connectivity index (χ0n) is 7.33. The number of carbonyl (C=O) groups is 2. The average molecular weight is 175 g/mol. The number of hydrogen-bond acceptors (Lipinski definition) is 3. The molecule has 0 saturated carbocycles. The number of aryl methyl sites for hydroxylation is 1. The van der Waals surface area contributed by atoms with Crippen LogP contribution in [0, 0.1) is 0 Å². The Balaban J connectivity index is 2.54. The first-order valence-electron chi connectivity index (χ1n) is 4.22. The maximum atomic E-state index is 11.3. The summed E-state index contributed by atoms with van der Waals surface area (Å²) >= 11 is 0. The molecular formula is C10H9NO2. The second kappa shape index (κ2) is 2.76. The number of carbonyl (C=O) groups excluding carboxylic acids is 2. The third-order valence-corrected chi connectivity index (χ3v) is 2.23. The summed E-state index contributed by atoms with van der Waals surface area (Å²) in [4.78, 5) is 26.3. The molecule has 0 radical (unpaired) electrons. The highest BCUT2D eigenvalue weighted by Gasteiger charge is 2.21. The van der Waals surface area contributed by atoms with Gasteiger partial charge in [-0.25, -0.2) is 4.98 Å². The van der Waals surface area contributed by atoms with Crippen molar-refractivity contribution in [2.75, 3.05) is 0 Å². The molecule has 0 fully saturated rings. The summed E-state index contributed by atoms with van der Waals surface area (Å²) in [5.74, 6) is -0.0411. The zero-order valence-corrected chi connectivity index (χ0v) is 7.33. The van der Waals surface area contributed by atoms with Crippen LogP contribution in [0.15, 0.2) is 12.1 Å². The van der Waals surface area contributed by atoms with Crippen LogP contribution in [-0.4, -0.2) is 16.6 Å². The fourth-order valence-electron chi connectivity index (χ4n) is 1.49. The molecule has 0 N–H and O–H groups in total. The number of hydrogen-bond donors (Lipinski definition) is 0. The van der Waals surface area contributed by atoms with E-state index < -0.39 is 0 Å². The van der Waals surface area contributed by atoms with Crippen molar-refractivity contribution in [1.82, 2.24) is 4.98 Å². The van der Waals surface area contributed by atoms with E-state index in [0.29, 0.717) is 17.8 Å². The van der Waals surface area contributed by atoms with Crippen LogP contribution in [0.25, 0.3) is 0 Å². The quantitative estimate of drug-likeness (QED) is 0.606. The first-order valence-corrected chi connectivity index (χ1v) is 4.22. The summed E-state index contributed by atoms with van der Waals surface area (Å²) in [5.41, 5.74) is 1.84. The molecule has 0 atom stereocenters. The summed E-state index contributed by atoms with van der Waals surface area (Å²) < 4.78 is 0. The zero-order chi connectivity index (χ0) is 9.42. The van der Waals surface area contributed by atoms with Gasteiger partial charge in [0, 0.05) is 13.3 Å². The van der Waals surface area contributed by atoms with E-state index in [2.05, 4.69) is 4.98 Å². The van der Waals surface area contributed by atoms with Crippen molar-refractivity contribution >= 4 is 11.6 Å². The molecule has 0 aliphatic heterocycles. The molecule has 1 aromatic rings. The molecule has 3 heteroatoms. The van der Waals surface area contributed by atoms with E-state index in [0.717, 1.165) is 12.0 Å². The van der Waals surface area contributed by atoms with Gasteiger partial charge in [-0.15, -0.1) is 0 Å². The van der Waals surface area contributed by atoms with Gasteiger partial charge in [0.2, 0.25) is 0 Å². The Hall–Kier alpha value is -1.51. The van der Waals surface area contributed by atoms with E-state index in [9.17, 15) is 9.59 Å². The molecule has 0 bridgehead atoms. The van der Waals surface area contributed by atoms with Gasteiger partial charge in [-0.2, -0.15) is 0 Å². The van der Waals surface area contributed by atoms with Crippen molar-refractivity contribution < 1.29 is 9.59 Å². The largest absolute Gasteiger partial charge is 0.293 e. The Kier molecular flexibility index (Phi) is 1.72. The first kappa shape index (κ1) is 8.10. The summed E-state index contributed by atoms with van der Waals surface area (Å²) in [6.45, 7) is 1.45. The third kappa shape index (κ3) is 1.26. The molecule has 0 spiro atoms. The number of rotatable bonds is 1. The lowest BCUT2D eigenvalue weighted by Gasteiger charge is -1.98. The fraction of sp³-hybridized carbons (Fsp3) is 0.300. The van der Waals surface area contributed by atoms with Crippen molar-refractivity contribution in [3.63, 3.8) is 0 Å². The Labute approximate surface area is 75.8 Å². The highest BCUT2D eigenvalue weighted by molar-refractivity contribution is 6.00. The molecule has 0 aromatic carbocycles. The number of fused-ring (bicyclic) bond motifs is 1. The summed E-state index contributed by atoms with van der Waals surface area (Å²) in [6, 6.07) is 3.50. The highest BCUT2D eigenvalue weighted by atomic mass is 16.1. The minimum atomic E-state index is -0.0949. The Morgan fingerprint density at radius 1 is 1.38 bits per heavy atom. The smallest absolute Gasteiger partial charge is 0.181 e. The Morgan fingerprint density at radius 2 is 2.15 bits per heavy atom. The van der Waals surface area contributed by atoms with Gasteiger partial charge in [-0.1, -0.05) is 6.07 Å². The van der Waals surface area contributed by atoms with Gasteiger partial charge in [0.15, 0.2) is 11.6 Å². The number of nitrogens with zero attached hydrogens (tertiary/aromatic N) is 1. The molecular weight excluding hydrogens is 166 g/mol. The first-order chi connectivity index (χ1) is 6.18. The van der Waals surface area contributed by atoms with Crippen LogP contribution in [-0.2, 0) is 6.42 Å². The van der Waals surface area contributed by atoms with E-state index in [1.807, 2.05) is 6.07 Å². The van der Waals surface area contributed by atoms with Crippen LogP contribution in [0.4, 0.5) is 0 Å². The predicted octanol–water partition coefficient (Wildman–Crippen LogP) is 1.41. The molecule has 0 saturated heterocycles. The maximum absolute atomic E-state index is 11.3. The average Bonchev–Trinajstić information content (AvgIpc) is 2.47. The van der Waals surface area contributed by atoms with Crippen molar-refractivity contribution in [1.29, 1.82) is 0 Å². The van der Waals surface area contributed by atoms with Crippen LogP contribution < -0.4 is 0 Å². The predicted molar refractivity (Wildman–Crippen MR) is 46.9 cm³/mol. The van der Waals surface area contributed by atoms with Gasteiger partial charge in [-0.3, -0.25) is 9.59 Å². The minimum Gasteiger partial charge on any atom is -0.293 e. The highest BCUT2D eigenvalue weighted by Crippen LogP contribution is 2.19. The summed E-state index contributed by atoms with van der Waals surface area (Å²) in [7, 11) is 0. The van der Waals surface area contributed by atoms with E-state index >= 15 is 0 Å². The molecule has 2 rings (SSSR count). The van der Waals surface area contributed by atoms with E-state index in [4.69, 9.17) is 0 Å². The number of Topliss-reactive ketones (excluding diaryl/α,β-unsaturated/α-hetero) is 2. The van der Waals surface area contributed by atoms with E-state index in [1.54, 1.807) is 6.07 Å². The lowest BCUT2D eigenvalue weighted by Crippen LogP contribution is -2.03. The number of ketones is 2. The third-order valence-electron chi connectivity index (χ3n) is 2.23. The topological polar surface area (TPSA) is 47.0 Å². The molecule has 1 heterocycles. The normalized spacial score (nSPS) is 14.4. The lowest BCUT2D eigenvalue weighted by molar-refractivity contribution is 0.0990. The van der Waals surface area contributed by atoms with E-state index in [1.165, 1.54) is 6.92 Å². The molecule has 0 amide bonds. The standard InChI is InChI=1S/C10H9NO2/c1-6(12)8-4-2-7-3-5-9(13)10(7)11-8/h2,4H,3,5H2,1H3. The molecule has 1 aliphatic carbocycles. The van der Waals surface area contributed by atoms with Crippen molar-refractivity contribution in [3.05, 3.63) is 29.1 Å². The van der Waals surface area contributed by atoms with Crippen LogP contribution in [0.1, 0.15) is 39.9 Å². The second-order valence-corrected chi connectivity index (χ2v) is 3.18. The van der Waals surface area contributed by atoms with Crippen LogP contribution >= 0.6 is 0 Å². The number of pyridine rings is 1. The lowest BCUT2D eigenvalue weighted by atomic mass is 10.2. The molecule has 0 unspecified atom stereocenters. The van der Waals surface area contributed by atoms with Gasteiger partial charge in [0.1, 0.15) is 11.4 Å². The molecule has 3 nitrogen and oxygen atoms in total. The van der Waals surface area contributed by atoms with Crippen molar-refractivity contribution in [2.45, 2.75) is 19.8 Å². The van der Waals surface area contributed by atoms with Gasteiger partial charge >= 0.3 is 0 Å². The Morgan fingerprint density at radius 3 is 2.85 bits per heavy atom. The van der Waals surface area contributed by atoms with Crippen molar-refractivity contribution in [3.8, 4) is 0 Å². The van der Waals surface area contributed by atoms with Gasteiger partial charge < -0.3 is 0 Å². The minimum absolute atomic E-state index is 0.0538. The molecule has 1 aliphatic rings. The van der Waals surface area contributed by atoms with Gasteiger partial charge in [-0.05, 0) is 18.1 Å². The van der Waals surface area contributed by atoms with Gasteiger partial charge in [0.05, 0.1) is 0 Å². The Bertz CT molecular complexity index is 396.